The molecule has 4 heterocycles. The summed E-state index contributed by atoms with van der Waals surface area (Å²) in [7, 11) is 0. The van der Waals surface area contributed by atoms with E-state index in [-0.39, 0.29) is 6.04 Å². The lowest BCUT2D eigenvalue weighted by Gasteiger charge is -2.43. The van der Waals surface area contributed by atoms with E-state index in [1.54, 1.807) is 6.20 Å². The van der Waals surface area contributed by atoms with Crippen molar-refractivity contribution in [2.24, 2.45) is 10.8 Å². The minimum Gasteiger partial charge on any atom is -0.403 e. The summed E-state index contributed by atoms with van der Waals surface area (Å²) >= 11 is 0. The molecule has 4 rings (SSSR count). The number of ether oxygens (including phenoxy) is 1. The van der Waals surface area contributed by atoms with Crippen molar-refractivity contribution in [3.05, 3.63) is 35.9 Å². The highest BCUT2D eigenvalue weighted by Crippen LogP contribution is 2.28. The molecular formula is C19H28N6O. The minimum absolute atomic E-state index is 0.264. The van der Waals surface area contributed by atoms with Crippen molar-refractivity contribution in [1.29, 1.82) is 0 Å². The molecule has 3 aliphatic heterocycles. The van der Waals surface area contributed by atoms with E-state index in [9.17, 15) is 0 Å². The van der Waals surface area contributed by atoms with Crippen molar-refractivity contribution in [2.45, 2.75) is 32.4 Å². The summed E-state index contributed by atoms with van der Waals surface area (Å²) in [5, 5.41) is 6.92. The van der Waals surface area contributed by atoms with Gasteiger partial charge >= 0.3 is 0 Å². The Balaban J connectivity index is 1.67. The fraction of sp³-hybridized carbons (Fsp3) is 0.579. The Kier molecular flexibility index (Phi) is 4.82. The molecule has 0 radical (unpaired) electrons. The van der Waals surface area contributed by atoms with Gasteiger partial charge in [0.2, 0.25) is 0 Å². The second-order valence-electron chi connectivity index (χ2n) is 7.24. The highest BCUT2D eigenvalue weighted by molar-refractivity contribution is 6.02. The van der Waals surface area contributed by atoms with Gasteiger partial charge in [0, 0.05) is 62.3 Å². The Hall–Kier alpha value is -2.12. The van der Waals surface area contributed by atoms with E-state index in [0.717, 1.165) is 62.8 Å². The third kappa shape index (κ3) is 3.41. The number of nitrogens with two attached hydrogens (primary N) is 1. The van der Waals surface area contributed by atoms with Crippen molar-refractivity contribution < 1.29 is 4.74 Å². The fourth-order valence-electron chi connectivity index (χ4n) is 3.88. The fourth-order valence-corrected chi connectivity index (χ4v) is 3.88. The highest BCUT2D eigenvalue weighted by Gasteiger charge is 2.34. The van der Waals surface area contributed by atoms with Crippen molar-refractivity contribution in [3.63, 3.8) is 0 Å². The van der Waals surface area contributed by atoms with Crippen LogP contribution in [0.25, 0.3) is 0 Å². The zero-order valence-corrected chi connectivity index (χ0v) is 15.6. The average Bonchev–Trinajstić information content (AvgIpc) is 3.50. The van der Waals surface area contributed by atoms with Gasteiger partial charge in [0.05, 0.1) is 36.9 Å². The quantitative estimate of drug-likeness (QED) is 0.816. The molecule has 2 fully saturated rings. The molecule has 0 aliphatic carbocycles. The lowest BCUT2D eigenvalue weighted by Crippen LogP contribution is -2.54. The summed E-state index contributed by atoms with van der Waals surface area (Å²) < 4.78 is 5.54. The molecule has 3 aliphatic rings. The maximum Gasteiger partial charge on any atom is 0.0717 e. The number of nitrogens with zero attached hydrogens (tertiary/aromatic N) is 5. The predicted molar refractivity (Wildman–Crippen MR) is 103 cm³/mol. The summed E-state index contributed by atoms with van der Waals surface area (Å²) in [4.78, 5) is 9.47. The van der Waals surface area contributed by atoms with Gasteiger partial charge < -0.3 is 15.4 Å². The van der Waals surface area contributed by atoms with Gasteiger partial charge in [-0.2, -0.15) is 5.10 Å². The molecule has 0 spiro atoms. The summed E-state index contributed by atoms with van der Waals surface area (Å²) in [6.45, 7) is 10.0. The molecule has 2 saturated heterocycles. The Morgan fingerprint density at radius 2 is 2.00 bits per heavy atom. The molecule has 2 N–H and O–H groups in total. The zero-order chi connectivity index (χ0) is 18.1. The summed E-state index contributed by atoms with van der Waals surface area (Å²) in [6, 6.07) is 2.89. The van der Waals surface area contributed by atoms with Crippen molar-refractivity contribution >= 4 is 11.4 Å². The van der Waals surface area contributed by atoms with E-state index in [2.05, 4.69) is 34.7 Å². The summed E-state index contributed by atoms with van der Waals surface area (Å²) in [5.41, 5.74) is 10.1. The van der Waals surface area contributed by atoms with E-state index >= 15 is 0 Å². The predicted octanol–water partition coefficient (Wildman–Crippen LogP) is 1.14. The molecule has 2 unspecified atom stereocenters. The van der Waals surface area contributed by atoms with E-state index in [0.29, 0.717) is 6.04 Å². The first-order valence-corrected chi connectivity index (χ1v) is 9.45. The maximum absolute atomic E-state index is 5.69. The smallest absolute Gasteiger partial charge is 0.0717 e. The molecule has 0 aromatic carbocycles. The number of hydrazone groups is 1. The van der Waals surface area contributed by atoms with Gasteiger partial charge in [0.1, 0.15) is 0 Å². The monoisotopic (exact) mass is 356 g/mol. The van der Waals surface area contributed by atoms with Gasteiger partial charge in [-0.3, -0.25) is 14.9 Å². The van der Waals surface area contributed by atoms with Crippen LogP contribution < -0.4 is 10.6 Å². The standard InChI is InChI=1S/C19H28N6O/c1-14-17(11-16(13-21-14)23-5-6-23)18-12-19(24-7-9-26-10-8-24)15(2)25(22-18)4-3-20/h3-4,11,13,15,19H,5-10,12,20H2,1-2H3/b4-3-. The first kappa shape index (κ1) is 17.3. The number of morpholine rings is 1. The van der Waals surface area contributed by atoms with Gasteiger partial charge in [-0.15, -0.1) is 0 Å². The van der Waals surface area contributed by atoms with Crippen LogP contribution in [0.5, 0.6) is 0 Å². The largest absolute Gasteiger partial charge is 0.403 e. The number of rotatable bonds is 4. The van der Waals surface area contributed by atoms with Gasteiger partial charge in [-0.25, -0.2) is 0 Å². The molecule has 0 bridgehead atoms. The van der Waals surface area contributed by atoms with Crippen molar-refractivity contribution in [3.8, 4) is 0 Å². The first-order valence-electron chi connectivity index (χ1n) is 9.45. The Bertz CT molecular complexity index is 708. The van der Waals surface area contributed by atoms with Crippen LogP contribution in [0.2, 0.25) is 0 Å². The Labute approximate surface area is 155 Å². The number of aryl methyl sites for hydroxylation is 1. The molecule has 0 amide bonds. The third-order valence-electron chi connectivity index (χ3n) is 5.56. The molecule has 0 saturated carbocycles. The average molecular weight is 356 g/mol. The van der Waals surface area contributed by atoms with E-state index < -0.39 is 0 Å². The van der Waals surface area contributed by atoms with Gasteiger partial charge in [0.25, 0.3) is 0 Å². The third-order valence-corrected chi connectivity index (χ3v) is 5.56. The molecular weight excluding hydrogens is 328 g/mol. The van der Waals surface area contributed by atoms with E-state index in [1.807, 2.05) is 17.4 Å². The van der Waals surface area contributed by atoms with Crippen molar-refractivity contribution in [1.82, 2.24) is 14.9 Å². The van der Waals surface area contributed by atoms with Crippen molar-refractivity contribution in [2.75, 3.05) is 44.3 Å². The zero-order valence-electron chi connectivity index (χ0n) is 15.6. The minimum atomic E-state index is 0.264. The van der Waals surface area contributed by atoms with Crippen LogP contribution in [-0.4, -0.2) is 72.1 Å². The highest BCUT2D eigenvalue weighted by atomic mass is 16.5. The first-order chi connectivity index (χ1) is 12.7. The van der Waals surface area contributed by atoms with Crippen LogP contribution >= 0.6 is 0 Å². The molecule has 7 heteroatoms. The van der Waals surface area contributed by atoms with E-state index in [1.165, 1.54) is 5.69 Å². The van der Waals surface area contributed by atoms with Gasteiger partial charge in [-0.1, -0.05) is 0 Å². The van der Waals surface area contributed by atoms with Gasteiger partial charge in [-0.05, 0) is 19.9 Å². The topological polar surface area (TPSA) is 70.0 Å². The van der Waals surface area contributed by atoms with Crippen LogP contribution in [0.4, 0.5) is 5.69 Å². The second-order valence-corrected chi connectivity index (χ2v) is 7.24. The maximum atomic E-state index is 5.69. The second kappa shape index (κ2) is 7.25. The molecule has 1 aromatic heterocycles. The normalized spacial score (nSPS) is 27.1. The molecule has 1 aromatic rings. The Morgan fingerprint density at radius 3 is 2.69 bits per heavy atom. The van der Waals surface area contributed by atoms with Crippen LogP contribution in [0.3, 0.4) is 0 Å². The number of aromatic nitrogens is 1. The van der Waals surface area contributed by atoms with Crippen LogP contribution in [0.15, 0.2) is 29.8 Å². The lowest BCUT2D eigenvalue weighted by atomic mass is 9.94. The number of hydrogen-bond acceptors (Lipinski definition) is 7. The van der Waals surface area contributed by atoms with Crippen LogP contribution in [0.1, 0.15) is 24.6 Å². The molecule has 26 heavy (non-hydrogen) atoms. The molecule has 2 atom stereocenters. The van der Waals surface area contributed by atoms with Crippen LogP contribution in [-0.2, 0) is 4.74 Å². The number of anilines is 1. The van der Waals surface area contributed by atoms with E-state index in [4.69, 9.17) is 15.6 Å². The number of pyridine rings is 1. The van der Waals surface area contributed by atoms with Crippen LogP contribution in [0, 0.1) is 6.92 Å². The summed E-state index contributed by atoms with van der Waals surface area (Å²) in [6.07, 6.45) is 6.32. The number of hydrogen-bond donors (Lipinski definition) is 1. The Morgan fingerprint density at radius 1 is 1.23 bits per heavy atom. The summed E-state index contributed by atoms with van der Waals surface area (Å²) in [5.74, 6) is 0. The molecule has 7 nitrogen and oxygen atoms in total. The SMILES string of the molecule is Cc1ncc(N2CC2)cc1C1=NN(/C=C\N)C(C)C(N2CCOCC2)C1. The molecule has 140 valence electrons. The lowest BCUT2D eigenvalue weighted by molar-refractivity contribution is -0.00157. The van der Waals surface area contributed by atoms with Gasteiger partial charge in [0.15, 0.2) is 0 Å².